The summed E-state index contributed by atoms with van der Waals surface area (Å²) in [5.41, 5.74) is 2.21. The van der Waals surface area contributed by atoms with E-state index >= 15 is 0 Å². The lowest BCUT2D eigenvalue weighted by Crippen LogP contribution is -2.37. The second kappa shape index (κ2) is 11.4. The van der Waals surface area contributed by atoms with E-state index in [1.807, 2.05) is 19.9 Å². The number of guanidine groups is 1. The number of nitrogens with one attached hydrogen (secondary N) is 2. The number of ether oxygens (including phenoxy) is 3. The number of rotatable bonds is 10. The summed E-state index contributed by atoms with van der Waals surface area (Å²) in [6, 6.07) is 4.13. The summed E-state index contributed by atoms with van der Waals surface area (Å²) in [7, 11) is 1.41. The number of benzene rings is 1. The largest absolute Gasteiger partial charge is 0.494 e. The quantitative estimate of drug-likeness (QED) is 0.276. The molecule has 1 heterocycles. The van der Waals surface area contributed by atoms with Crippen LogP contribution in [0.3, 0.4) is 0 Å². The van der Waals surface area contributed by atoms with Crippen molar-refractivity contribution in [3.05, 3.63) is 23.3 Å². The Balaban J connectivity index is 1.97. The smallest absolute Gasteiger partial charge is 0.305 e. The van der Waals surface area contributed by atoms with E-state index < -0.39 is 0 Å². The van der Waals surface area contributed by atoms with E-state index in [2.05, 4.69) is 33.4 Å². The molecule has 1 aliphatic heterocycles. The van der Waals surface area contributed by atoms with Gasteiger partial charge in [0.05, 0.1) is 20.3 Å². The predicted octanol–water partition coefficient (Wildman–Crippen LogP) is 2.81. The molecule has 0 amide bonds. The van der Waals surface area contributed by atoms with Crippen molar-refractivity contribution >= 4 is 11.9 Å². The first-order valence-corrected chi connectivity index (χ1v) is 10.1. The lowest BCUT2D eigenvalue weighted by Gasteiger charge is -2.14. The van der Waals surface area contributed by atoms with Crippen LogP contribution in [0.1, 0.15) is 51.2 Å². The van der Waals surface area contributed by atoms with Crippen LogP contribution in [0.2, 0.25) is 0 Å². The fourth-order valence-electron chi connectivity index (χ4n) is 3.10. The minimum Gasteiger partial charge on any atom is -0.494 e. The number of carbonyl (C=O) groups excluding carboxylic acids is 1. The maximum absolute atomic E-state index is 11.2. The Morgan fingerprint density at radius 2 is 2.11 bits per heavy atom. The molecule has 0 spiro atoms. The van der Waals surface area contributed by atoms with Gasteiger partial charge in [-0.3, -0.25) is 4.79 Å². The molecule has 1 unspecified atom stereocenters. The van der Waals surface area contributed by atoms with Crippen molar-refractivity contribution in [3.63, 3.8) is 0 Å². The average Bonchev–Trinajstić information content (AvgIpc) is 3.04. The van der Waals surface area contributed by atoms with Crippen molar-refractivity contribution in [2.45, 2.75) is 59.1 Å². The van der Waals surface area contributed by atoms with E-state index in [1.54, 1.807) is 0 Å². The molecule has 7 nitrogen and oxygen atoms in total. The summed E-state index contributed by atoms with van der Waals surface area (Å²) in [6.07, 6.45) is 3.21. The summed E-state index contributed by atoms with van der Waals surface area (Å²) in [5, 5.41) is 6.56. The van der Waals surface area contributed by atoms with Crippen LogP contribution in [0.15, 0.2) is 17.1 Å². The highest BCUT2D eigenvalue weighted by molar-refractivity contribution is 5.79. The molecule has 1 aromatic carbocycles. The highest BCUT2D eigenvalue weighted by Crippen LogP contribution is 2.35. The molecule has 0 aliphatic carbocycles. The van der Waals surface area contributed by atoms with Crippen molar-refractivity contribution in [2.75, 3.05) is 26.8 Å². The number of esters is 1. The molecule has 2 rings (SSSR count). The van der Waals surface area contributed by atoms with Crippen LogP contribution in [-0.2, 0) is 22.5 Å². The molecule has 0 bridgehead atoms. The van der Waals surface area contributed by atoms with Gasteiger partial charge in [0.25, 0.3) is 0 Å². The number of hydrogen-bond acceptors (Lipinski definition) is 5. The van der Waals surface area contributed by atoms with Gasteiger partial charge in [-0.05, 0) is 45.7 Å². The maximum Gasteiger partial charge on any atom is 0.305 e. The zero-order valence-corrected chi connectivity index (χ0v) is 17.5. The first-order valence-electron chi connectivity index (χ1n) is 10.1. The van der Waals surface area contributed by atoms with Crippen LogP contribution < -0.4 is 20.1 Å². The van der Waals surface area contributed by atoms with Crippen LogP contribution in [0, 0.1) is 0 Å². The van der Waals surface area contributed by atoms with Gasteiger partial charge in [0.1, 0.15) is 17.6 Å². The van der Waals surface area contributed by atoms with Crippen molar-refractivity contribution < 1.29 is 19.0 Å². The normalized spacial score (nSPS) is 15.6. The predicted molar refractivity (Wildman–Crippen MR) is 110 cm³/mol. The standard InChI is InChI=1S/C21H33N3O4/c1-5-22-21(23-10-8-7-9-20(25)26-4)24-14-17-13-19-16(11-15(3)28-19)12-18(17)27-6-2/h12-13,15H,5-11,14H2,1-4H3,(H2,22,23,24). The van der Waals surface area contributed by atoms with E-state index in [0.717, 1.165) is 55.4 Å². The molecule has 0 fully saturated rings. The molecule has 2 N–H and O–H groups in total. The van der Waals surface area contributed by atoms with E-state index in [0.29, 0.717) is 19.6 Å². The number of methoxy groups -OCH3 is 1. The zero-order chi connectivity index (χ0) is 20.4. The summed E-state index contributed by atoms with van der Waals surface area (Å²) in [6.45, 7) is 8.72. The van der Waals surface area contributed by atoms with Gasteiger partial charge >= 0.3 is 5.97 Å². The Morgan fingerprint density at radius 1 is 1.29 bits per heavy atom. The summed E-state index contributed by atoms with van der Waals surface area (Å²) >= 11 is 0. The third-order valence-corrected chi connectivity index (χ3v) is 4.46. The van der Waals surface area contributed by atoms with Crippen LogP contribution in [0.5, 0.6) is 11.5 Å². The molecular formula is C21H33N3O4. The van der Waals surface area contributed by atoms with E-state index in [1.165, 1.54) is 12.7 Å². The minimum absolute atomic E-state index is 0.169. The fourth-order valence-corrected chi connectivity index (χ4v) is 3.10. The van der Waals surface area contributed by atoms with E-state index in [9.17, 15) is 4.79 Å². The first kappa shape index (κ1) is 21.9. The van der Waals surface area contributed by atoms with Gasteiger partial charge in [-0.1, -0.05) is 0 Å². The summed E-state index contributed by atoms with van der Waals surface area (Å²) < 4.78 is 16.4. The van der Waals surface area contributed by atoms with Gasteiger partial charge < -0.3 is 24.8 Å². The SMILES string of the molecule is CCNC(=NCc1cc2c(cc1OCC)CC(C)O2)NCCCCC(=O)OC. The van der Waals surface area contributed by atoms with Gasteiger partial charge in [0.15, 0.2) is 5.96 Å². The molecular weight excluding hydrogens is 358 g/mol. The number of aliphatic imine (C=N–C) groups is 1. The maximum atomic E-state index is 11.2. The Morgan fingerprint density at radius 3 is 2.82 bits per heavy atom. The van der Waals surface area contributed by atoms with Gasteiger partial charge in [-0.25, -0.2) is 4.99 Å². The second-order valence-corrected chi connectivity index (χ2v) is 6.79. The zero-order valence-electron chi connectivity index (χ0n) is 17.5. The topological polar surface area (TPSA) is 81.2 Å². The third-order valence-electron chi connectivity index (χ3n) is 4.46. The highest BCUT2D eigenvalue weighted by Gasteiger charge is 2.21. The second-order valence-electron chi connectivity index (χ2n) is 6.79. The lowest BCUT2D eigenvalue weighted by molar-refractivity contribution is -0.140. The Labute approximate surface area is 167 Å². The van der Waals surface area contributed by atoms with Crippen molar-refractivity contribution in [3.8, 4) is 11.5 Å². The molecule has 7 heteroatoms. The van der Waals surface area contributed by atoms with Crippen LogP contribution in [0.25, 0.3) is 0 Å². The molecule has 28 heavy (non-hydrogen) atoms. The molecule has 0 saturated heterocycles. The molecule has 0 aromatic heterocycles. The number of fused-ring (bicyclic) bond motifs is 1. The average molecular weight is 392 g/mol. The molecule has 0 saturated carbocycles. The van der Waals surface area contributed by atoms with E-state index in [-0.39, 0.29) is 12.1 Å². The highest BCUT2D eigenvalue weighted by atomic mass is 16.5. The summed E-state index contributed by atoms with van der Waals surface area (Å²) in [5.74, 6) is 2.38. The van der Waals surface area contributed by atoms with Gasteiger partial charge in [-0.15, -0.1) is 0 Å². The monoisotopic (exact) mass is 391 g/mol. The Hall–Kier alpha value is -2.44. The number of unbranched alkanes of at least 4 members (excludes halogenated alkanes) is 1. The van der Waals surface area contributed by atoms with Gasteiger partial charge in [-0.2, -0.15) is 0 Å². The Bertz CT molecular complexity index is 676. The molecule has 1 aromatic rings. The minimum atomic E-state index is -0.169. The molecule has 1 aliphatic rings. The first-order chi connectivity index (χ1) is 13.6. The van der Waals surface area contributed by atoms with Gasteiger partial charge in [0.2, 0.25) is 0 Å². The Kier molecular flexibility index (Phi) is 8.91. The lowest BCUT2D eigenvalue weighted by atomic mass is 10.1. The molecule has 156 valence electrons. The number of carbonyl (C=O) groups is 1. The van der Waals surface area contributed by atoms with Crippen LogP contribution in [-0.4, -0.2) is 44.8 Å². The molecule has 1 atom stereocenters. The van der Waals surface area contributed by atoms with Crippen LogP contribution in [0.4, 0.5) is 0 Å². The summed E-state index contributed by atoms with van der Waals surface area (Å²) in [4.78, 5) is 15.8. The van der Waals surface area contributed by atoms with Gasteiger partial charge in [0, 0.05) is 37.1 Å². The fraction of sp³-hybridized carbons (Fsp3) is 0.619. The van der Waals surface area contributed by atoms with Crippen molar-refractivity contribution in [2.24, 2.45) is 4.99 Å². The number of hydrogen-bond donors (Lipinski definition) is 2. The van der Waals surface area contributed by atoms with Crippen molar-refractivity contribution in [1.82, 2.24) is 10.6 Å². The van der Waals surface area contributed by atoms with E-state index in [4.69, 9.17) is 9.47 Å². The van der Waals surface area contributed by atoms with Crippen molar-refractivity contribution in [1.29, 1.82) is 0 Å². The number of nitrogens with zero attached hydrogens (tertiary/aromatic N) is 1. The van der Waals surface area contributed by atoms with Crippen LogP contribution >= 0.6 is 0 Å². The molecule has 0 radical (unpaired) electrons. The third kappa shape index (κ3) is 6.62.